The average Bonchev–Trinajstić information content (AvgIpc) is 1.90. The predicted octanol–water partition coefficient (Wildman–Crippen LogP) is -0.286. The zero-order valence-corrected chi connectivity index (χ0v) is 6.17. The van der Waals surface area contributed by atoms with Crippen LogP contribution in [0, 0.1) is 0 Å². The second-order valence-electron chi connectivity index (χ2n) is 1.46. The van der Waals surface area contributed by atoms with E-state index < -0.39 is 11.4 Å². The van der Waals surface area contributed by atoms with Gasteiger partial charge in [0.2, 0.25) is 0 Å². The predicted molar refractivity (Wildman–Crippen MR) is 35.0 cm³/mol. The van der Waals surface area contributed by atoms with Crippen molar-refractivity contribution >= 4 is 11.4 Å². The molecule has 1 fully saturated rings. The lowest BCUT2D eigenvalue weighted by Gasteiger charge is -2.09. The van der Waals surface area contributed by atoms with E-state index in [-0.39, 0.29) is 0 Å². The van der Waals surface area contributed by atoms with Crippen LogP contribution in [0.2, 0.25) is 0 Å². The summed E-state index contributed by atoms with van der Waals surface area (Å²) >= 11 is -2.61. The summed E-state index contributed by atoms with van der Waals surface area (Å²) in [6.45, 7) is 3.11. The molecule has 0 aliphatic carbocycles. The fourth-order valence-corrected chi connectivity index (χ4v) is 0.440. The molecule has 1 rings (SSSR count). The average molecular weight is 170 g/mol. The number of rotatable bonds is 0. The van der Waals surface area contributed by atoms with Gasteiger partial charge in [-0.15, -0.1) is 0 Å². The molecule has 0 spiro atoms. The van der Waals surface area contributed by atoms with Crippen LogP contribution in [0.1, 0.15) is 0 Å². The summed E-state index contributed by atoms with van der Waals surface area (Å²) < 4.78 is 32.7. The van der Waals surface area contributed by atoms with Crippen molar-refractivity contribution < 1.29 is 22.8 Å². The van der Waals surface area contributed by atoms with Gasteiger partial charge in [-0.05, 0) is 0 Å². The molecule has 1 heterocycles. The van der Waals surface area contributed by atoms with E-state index in [1.165, 1.54) is 0 Å². The van der Waals surface area contributed by atoms with Gasteiger partial charge in [0.15, 0.2) is 0 Å². The molecular weight excluding hydrogens is 160 g/mol. The molecular formula is C4H10O5S. The van der Waals surface area contributed by atoms with E-state index in [1.807, 2.05) is 0 Å². The Labute approximate surface area is 61.4 Å². The van der Waals surface area contributed by atoms with Crippen LogP contribution in [0.5, 0.6) is 0 Å². The van der Waals surface area contributed by atoms with Crippen molar-refractivity contribution in [3.05, 3.63) is 0 Å². The van der Waals surface area contributed by atoms with Gasteiger partial charge < -0.3 is 9.47 Å². The minimum absolute atomic E-state index is 0.778. The Morgan fingerprint density at radius 1 is 1.00 bits per heavy atom. The van der Waals surface area contributed by atoms with E-state index in [0.717, 1.165) is 26.4 Å². The molecule has 1 saturated heterocycles. The van der Waals surface area contributed by atoms with Crippen molar-refractivity contribution in [3.8, 4) is 0 Å². The van der Waals surface area contributed by atoms with Crippen molar-refractivity contribution in [1.29, 1.82) is 0 Å². The van der Waals surface area contributed by atoms with Gasteiger partial charge >= 0.3 is 0 Å². The van der Waals surface area contributed by atoms with Gasteiger partial charge in [0, 0.05) is 0 Å². The number of ether oxygens (including phenoxy) is 2. The first-order valence-electron chi connectivity index (χ1n) is 2.69. The normalized spacial score (nSPS) is 17.9. The Kier molecular flexibility index (Phi) is 7.09. The maximum Gasteiger partial charge on any atom is 0.299 e. The highest BCUT2D eigenvalue weighted by Gasteiger charge is 1.94. The molecule has 0 aromatic carbocycles. The summed E-state index contributed by atoms with van der Waals surface area (Å²) in [6, 6.07) is 0. The highest BCUT2D eigenvalue weighted by Crippen LogP contribution is 1.85. The molecule has 10 heavy (non-hydrogen) atoms. The minimum atomic E-state index is -2.61. The first-order chi connectivity index (χ1) is 4.73. The van der Waals surface area contributed by atoms with Crippen molar-refractivity contribution in [3.63, 3.8) is 0 Å². The lowest BCUT2D eigenvalue weighted by Crippen LogP contribution is -2.16. The first kappa shape index (κ1) is 9.99. The van der Waals surface area contributed by atoms with Crippen LogP contribution in [-0.4, -0.2) is 39.7 Å². The molecule has 0 radical (unpaired) electrons. The topological polar surface area (TPSA) is 76.0 Å². The summed E-state index contributed by atoms with van der Waals surface area (Å²) in [7, 11) is 0. The van der Waals surface area contributed by atoms with Gasteiger partial charge in [-0.1, -0.05) is 0 Å². The Morgan fingerprint density at radius 2 is 1.20 bits per heavy atom. The molecule has 6 heteroatoms. The van der Waals surface area contributed by atoms with E-state index in [4.69, 9.17) is 22.8 Å². The zero-order valence-electron chi connectivity index (χ0n) is 5.36. The third-order valence-corrected chi connectivity index (χ3v) is 0.744. The molecule has 62 valence electrons. The summed E-state index contributed by atoms with van der Waals surface area (Å²) in [6.07, 6.45) is 0. The van der Waals surface area contributed by atoms with E-state index in [9.17, 15) is 0 Å². The van der Waals surface area contributed by atoms with Crippen LogP contribution in [0.25, 0.3) is 0 Å². The summed E-state index contributed by atoms with van der Waals surface area (Å²) in [4.78, 5) is 0. The second-order valence-corrected chi connectivity index (χ2v) is 1.92. The molecule has 2 N–H and O–H groups in total. The molecule has 1 aliphatic heterocycles. The van der Waals surface area contributed by atoms with E-state index >= 15 is 0 Å². The van der Waals surface area contributed by atoms with Crippen LogP contribution in [0.4, 0.5) is 0 Å². The molecule has 0 aromatic rings. The number of hydrogen-bond acceptors (Lipinski definition) is 3. The van der Waals surface area contributed by atoms with Gasteiger partial charge in [0.05, 0.1) is 26.4 Å². The Morgan fingerprint density at radius 3 is 1.30 bits per heavy atom. The second kappa shape index (κ2) is 7.10. The third-order valence-electron chi connectivity index (χ3n) is 0.744. The molecule has 0 aromatic heterocycles. The molecule has 5 nitrogen and oxygen atoms in total. The van der Waals surface area contributed by atoms with E-state index in [1.54, 1.807) is 0 Å². The van der Waals surface area contributed by atoms with Gasteiger partial charge in [-0.25, -0.2) is 0 Å². The molecule has 0 atom stereocenters. The van der Waals surface area contributed by atoms with Gasteiger partial charge in [-0.2, -0.15) is 4.21 Å². The van der Waals surface area contributed by atoms with Crippen LogP contribution in [0.15, 0.2) is 0 Å². The van der Waals surface area contributed by atoms with Crippen LogP contribution < -0.4 is 0 Å². The Bertz CT molecular complexity index is 76.1. The number of hydrogen-bond donors (Lipinski definition) is 2. The smallest absolute Gasteiger partial charge is 0.299 e. The lowest BCUT2D eigenvalue weighted by atomic mass is 10.6. The van der Waals surface area contributed by atoms with Crippen LogP contribution in [0.3, 0.4) is 0 Å². The fraction of sp³-hybridized carbons (Fsp3) is 1.00. The van der Waals surface area contributed by atoms with Crippen LogP contribution in [-0.2, 0) is 20.8 Å². The standard InChI is InChI=1S/C4H8O2.H2O3S/c1-2-6-4-3-5-1;1-4(2)3/h1-4H2;(H2,1,2,3). The minimum Gasteiger partial charge on any atom is -0.377 e. The van der Waals surface area contributed by atoms with Gasteiger partial charge in [-0.3, -0.25) is 9.11 Å². The van der Waals surface area contributed by atoms with E-state index in [2.05, 4.69) is 0 Å². The Balaban J connectivity index is 0.000000180. The lowest BCUT2D eigenvalue weighted by molar-refractivity contribution is -0.0334. The summed E-state index contributed by atoms with van der Waals surface area (Å²) in [5.74, 6) is 0. The summed E-state index contributed by atoms with van der Waals surface area (Å²) in [5.41, 5.74) is 0. The maximum absolute atomic E-state index is 8.67. The van der Waals surface area contributed by atoms with Crippen molar-refractivity contribution in [2.75, 3.05) is 26.4 Å². The molecule has 0 amide bonds. The monoisotopic (exact) mass is 170 g/mol. The highest BCUT2D eigenvalue weighted by atomic mass is 32.2. The first-order valence-corrected chi connectivity index (χ1v) is 3.75. The van der Waals surface area contributed by atoms with Gasteiger partial charge in [0.1, 0.15) is 0 Å². The van der Waals surface area contributed by atoms with Gasteiger partial charge in [0.25, 0.3) is 11.4 Å². The molecule has 0 unspecified atom stereocenters. The SMILES string of the molecule is C1COCCO1.O=S(O)O. The quantitative estimate of drug-likeness (QED) is 0.489. The molecule has 0 saturated carbocycles. The fourth-order valence-electron chi connectivity index (χ4n) is 0.440. The van der Waals surface area contributed by atoms with Crippen molar-refractivity contribution in [2.45, 2.75) is 0 Å². The zero-order chi connectivity index (χ0) is 7.82. The third kappa shape index (κ3) is 10.9. The van der Waals surface area contributed by atoms with Crippen LogP contribution >= 0.6 is 0 Å². The maximum atomic E-state index is 8.67. The molecule has 0 bridgehead atoms. The highest BCUT2D eigenvalue weighted by molar-refractivity contribution is 7.73. The van der Waals surface area contributed by atoms with E-state index in [0.29, 0.717) is 0 Å². The Hall–Kier alpha value is -0.0100. The van der Waals surface area contributed by atoms with Crippen molar-refractivity contribution in [2.24, 2.45) is 0 Å². The van der Waals surface area contributed by atoms with Crippen molar-refractivity contribution in [1.82, 2.24) is 0 Å². The summed E-state index contributed by atoms with van der Waals surface area (Å²) in [5, 5.41) is 0. The largest absolute Gasteiger partial charge is 0.377 e. The molecule has 1 aliphatic rings.